The molecule has 1 aromatic heterocycles. The Kier molecular flexibility index (Phi) is 6.09. The zero-order valence-corrected chi connectivity index (χ0v) is 15.8. The van der Waals surface area contributed by atoms with Gasteiger partial charge in [0.25, 0.3) is 5.91 Å². The highest BCUT2D eigenvalue weighted by molar-refractivity contribution is 5.95. The van der Waals surface area contributed by atoms with Gasteiger partial charge in [-0.1, -0.05) is 29.8 Å². The second-order valence-electron chi connectivity index (χ2n) is 6.37. The molecule has 8 heteroatoms. The van der Waals surface area contributed by atoms with Gasteiger partial charge in [0.2, 0.25) is 0 Å². The quantitative estimate of drug-likeness (QED) is 0.571. The molecule has 0 aliphatic rings. The largest absolute Gasteiger partial charge is 0.454 e. The number of hydrogen-bond donors (Lipinski definition) is 0. The van der Waals surface area contributed by atoms with Gasteiger partial charge in [-0.05, 0) is 31.2 Å². The molecule has 29 heavy (non-hydrogen) atoms. The predicted octanol–water partition coefficient (Wildman–Crippen LogP) is 2.39. The minimum Gasteiger partial charge on any atom is -0.454 e. The Morgan fingerprint density at radius 2 is 1.90 bits per heavy atom. The van der Waals surface area contributed by atoms with E-state index in [9.17, 15) is 14.4 Å². The van der Waals surface area contributed by atoms with Crippen molar-refractivity contribution in [3.8, 4) is 6.07 Å². The normalized spacial score (nSPS) is 10.5. The first-order valence-corrected chi connectivity index (χ1v) is 8.97. The number of fused-ring (bicyclic) bond motifs is 1. The number of oxazole rings is 1. The summed E-state index contributed by atoms with van der Waals surface area (Å²) in [6.45, 7) is 1.24. The summed E-state index contributed by atoms with van der Waals surface area (Å²) < 4.78 is 11.3. The van der Waals surface area contributed by atoms with Gasteiger partial charge in [-0.3, -0.25) is 14.2 Å². The number of hydrogen-bond acceptors (Lipinski definition) is 6. The number of rotatable bonds is 7. The third-order valence-electron chi connectivity index (χ3n) is 4.31. The lowest BCUT2D eigenvalue weighted by atomic mass is 10.2. The number of benzene rings is 2. The zero-order chi connectivity index (χ0) is 20.8. The summed E-state index contributed by atoms with van der Waals surface area (Å²) in [6.07, 6.45) is 0.143. The molecule has 1 amide bonds. The molecule has 0 saturated heterocycles. The van der Waals surface area contributed by atoms with Crippen molar-refractivity contribution in [3.05, 3.63) is 64.6 Å². The van der Waals surface area contributed by atoms with Crippen LogP contribution >= 0.6 is 0 Å². The molecule has 0 bridgehead atoms. The monoisotopic (exact) mass is 393 g/mol. The van der Waals surface area contributed by atoms with Gasteiger partial charge < -0.3 is 14.1 Å². The van der Waals surface area contributed by atoms with E-state index in [1.807, 2.05) is 25.1 Å². The van der Waals surface area contributed by atoms with E-state index < -0.39 is 24.2 Å². The maximum absolute atomic E-state index is 12.6. The summed E-state index contributed by atoms with van der Waals surface area (Å²) in [4.78, 5) is 38.1. The molecule has 3 aromatic rings. The van der Waals surface area contributed by atoms with Crippen LogP contribution in [-0.2, 0) is 20.9 Å². The van der Waals surface area contributed by atoms with Gasteiger partial charge in [0.1, 0.15) is 6.54 Å². The zero-order valence-electron chi connectivity index (χ0n) is 15.8. The fourth-order valence-electron chi connectivity index (χ4n) is 2.84. The lowest BCUT2D eigenvalue weighted by Gasteiger charge is -2.21. The fourth-order valence-corrected chi connectivity index (χ4v) is 2.84. The molecule has 1 heterocycles. The summed E-state index contributed by atoms with van der Waals surface area (Å²) in [5, 5.41) is 8.85. The smallest absolute Gasteiger partial charge is 0.420 e. The molecule has 0 unspecified atom stereocenters. The van der Waals surface area contributed by atoms with E-state index in [-0.39, 0.29) is 19.5 Å². The van der Waals surface area contributed by atoms with Crippen LogP contribution in [0.4, 0.5) is 5.69 Å². The standard InChI is InChI=1S/C21H19N3O5/c1-15-7-9-16(10-8-15)23(12-4-11-22)19(25)14-28-20(26)13-24-17-5-2-3-6-18(17)29-21(24)27/h2-3,5-10H,4,12-14H2,1H3. The third kappa shape index (κ3) is 4.71. The SMILES string of the molecule is Cc1ccc(N(CCC#N)C(=O)COC(=O)Cn2c(=O)oc3ccccc32)cc1. The average Bonchev–Trinajstić information content (AvgIpc) is 3.03. The van der Waals surface area contributed by atoms with E-state index in [4.69, 9.17) is 14.4 Å². The second-order valence-corrected chi connectivity index (χ2v) is 6.37. The fraction of sp³-hybridized carbons (Fsp3) is 0.238. The van der Waals surface area contributed by atoms with Crippen molar-refractivity contribution in [1.82, 2.24) is 4.57 Å². The van der Waals surface area contributed by atoms with E-state index in [1.165, 1.54) is 4.90 Å². The van der Waals surface area contributed by atoms with E-state index in [2.05, 4.69) is 0 Å². The van der Waals surface area contributed by atoms with Crippen LogP contribution in [0.25, 0.3) is 11.1 Å². The molecule has 0 atom stereocenters. The minimum atomic E-state index is -0.740. The van der Waals surface area contributed by atoms with Gasteiger partial charge >= 0.3 is 11.7 Å². The maximum Gasteiger partial charge on any atom is 0.420 e. The molecule has 3 rings (SSSR count). The highest BCUT2D eigenvalue weighted by Crippen LogP contribution is 2.16. The number of carbonyl (C=O) groups excluding carboxylic acids is 2. The van der Waals surface area contributed by atoms with Gasteiger partial charge in [-0.15, -0.1) is 0 Å². The Hall–Kier alpha value is -3.86. The predicted molar refractivity (Wildman–Crippen MR) is 105 cm³/mol. The van der Waals surface area contributed by atoms with Crippen LogP contribution in [0.5, 0.6) is 0 Å². The van der Waals surface area contributed by atoms with E-state index in [1.54, 1.807) is 36.4 Å². The summed E-state index contributed by atoms with van der Waals surface area (Å²) in [6, 6.07) is 15.9. The molecular formula is C21H19N3O5. The lowest BCUT2D eigenvalue weighted by Crippen LogP contribution is -2.36. The van der Waals surface area contributed by atoms with Crippen LogP contribution in [-0.4, -0.2) is 29.6 Å². The number of para-hydroxylation sites is 2. The van der Waals surface area contributed by atoms with E-state index >= 15 is 0 Å². The number of esters is 1. The molecule has 0 aliphatic carbocycles. The average molecular weight is 393 g/mol. The molecule has 2 aromatic carbocycles. The molecule has 148 valence electrons. The molecule has 0 radical (unpaired) electrons. The van der Waals surface area contributed by atoms with Gasteiger partial charge in [0, 0.05) is 12.2 Å². The van der Waals surface area contributed by atoms with Crippen molar-refractivity contribution in [2.45, 2.75) is 19.9 Å². The van der Waals surface area contributed by atoms with Crippen LogP contribution in [0.1, 0.15) is 12.0 Å². The third-order valence-corrected chi connectivity index (χ3v) is 4.31. The number of amides is 1. The Morgan fingerprint density at radius 3 is 2.62 bits per heavy atom. The van der Waals surface area contributed by atoms with Crippen molar-refractivity contribution < 1.29 is 18.7 Å². The molecule has 0 fully saturated rings. The van der Waals surface area contributed by atoms with Crippen molar-refractivity contribution in [2.24, 2.45) is 0 Å². The number of anilines is 1. The number of aryl methyl sites for hydroxylation is 1. The number of carbonyl (C=O) groups is 2. The van der Waals surface area contributed by atoms with Crippen molar-refractivity contribution in [1.29, 1.82) is 5.26 Å². The molecular weight excluding hydrogens is 374 g/mol. The van der Waals surface area contributed by atoms with E-state index in [0.717, 1.165) is 10.1 Å². The van der Waals surface area contributed by atoms with Gasteiger partial charge in [0.15, 0.2) is 12.2 Å². The van der Waals surface area contributed by atoms with Crippen molar-refractivity contribution in [3.63, 3.8) is 0 Å². The van der Waals surface area contributed by atoms with Crippen LogP contribution in [0.2, 0.25) is 0 Å². The van der Waals surface area contributed by atoms with Crippen LogP contribution < -0.4 is 10.7 Å². The number of ether oxygens (including phenoxy) is 1. The molecule has 8 nitrogen and oxygen atoms in total. The molecule has 0 N–H and O–H groups in total. The molecule has 0 aliphatic heterocycles. The van der Waals surface area contributed by atoms with Gasteiger partial charge in [0.05, 0.1) is 18.0 Å². The van der Waals surface area contributed by atoms with Crippen LogP contribution in [0.15, 0.2) is 57.7 Å². The molecule has 0 saturated carbocycles. The minimum absolute atomic E-state index is 0.143. The first-order chi connectivity index (χ1) is 14.0. The van der Waals surface area contributed by atoms with Crippen LogP contribution in [0, 0.1) is 18.3 Å². The number of nitrogens with zero attached hydrogens (tertiary/aromatic N) is 3. The van der Waals surface area contributed by atoms with Crippen molar-refractivity contribution in [2.75, 3.05) is 18.1 Å². The maximum atomic E-state index is 12.6. The topological polar surface area (TPSA) is 106 Å². The Bertz CT molecular complexity index is 1120. The summed E-state index contributed by atoms with van der Waals surface area (Å²) in [5.74, 6) is -1.87. The highest BCUT2D eigenvalue weighted by Gasteiger charge is 2.19. The second kappa shape index (κ2) is 8.89. The Balaban J connectivity index is 1.66. The summed E-state index contributed by atoms with van der Waals surface area (Å²) >= 11 is 0. The van der Waals surface area contributed by atoms with Gasteiger partial charge in [-0.25, -0.2) is 4.79 Å². The first kappa shape index (κ1) is 19.9. The molecule has 0 spiro atoms. The van der Waals surface area contributed by atoms with Crippen LogP contribution in [0.3, 0.4) is 0 Å². The Labute approximate surface area is 166 Å². The first-order valence-electron chi connectivity index (χ1n) is 8.97. The number of aromatic nitrogens is 1. The van der Waals surface area contributed by atoms with E-state index in [0.29, 0.717) is 16.8 Å². The van der Waals surface area contributed by atoms with Gasteiger partial charge in [-0.2, -0.15) is 5.26 Å². The lowest BCUT2D eigenvalue weighted by molar-refractivity contribution is -0.148. The Morgan fingerprint density at radius 1 is 1.17 bits per heavy atom. The summed E-state index contributed by atoms with van der Waals surface area (Å²) in [7, 11) is 0. The van der Waals surface area contributed by atoms with Crippen molar-refractivity contribution >= 4 is 28.7 Å². The summed E-state index contributed by atoms with van der Waals surface area (Å²) in [5.41, 5.74) is 2.48. The highest BCUT2D eigenvalue weighted by atomic mass is 16.5. The number of nitriles is 1.